The van der Waals surface area contributed by atoms with E-state index in [0.717, 1.165) is 12.1 Å². The number of hydrazine groups is 1. The quantitative estimate of drug-likeness (QED) is 0.511. The lowest BCUT2D eigenvalue weighted by Crippen LogP contribution is -2.28. The third-order valence-corrected chi connectivity index (χ3v) is 6.71. The number of nitrogens with one attached hydrogen (secondary N) is 1. The Morgan fingerprint density at radius 2 is 2.05 bits per heavy atom. The Hall–Kier alpha value is -0.750. The van der Waals surface area contributed by atoms with E-state index in [1.807, 2.05) is 11.3 Å². The molecule has 0 amide bonds. The fourth-order valence-electron chi connectivity index (χ4n) is 2.90. The molecule has 0 aromatic carbocycles. The van der Waals surface area contributed by atoms with E-state index in [4.69, 9.17) is 5.84 Å². The van der Waals surface area contributed by atoms with Crippen LogP contribution >= 0.6 is 22.7 Å². The second kappa shape index (κ2) is 6.57. The molecule has 1 unspecified atom stereocenters. The predicted octanol–water partition coefficient (Wildman–Crippen LogP) is 3.84. The molecule has 0 saturated carbocycles. The average Bonchev–Trinajstić information content (AvgIpc) is 2.93. The van der Waals surface area contributed by atoms with Gasteiger partial charge in [0.1, 0.15) is 0 Å². The average molecular weight is 322 g/mol. The van der Waals surface area contributed by atoms with Crippen molar-refractivity contribution in [3.8, 4) is 0 Å². The van der Waals surface area contributed by atoms with Gasteiger partial charge in [-0.1, -0.05) is 6.42 Å². The lowest BCUT2D eigenvalue weighted by atomic mass is 10.1. The van der Waals surface area contributed by atoms with E-state index in [2.05, 4.69) is 30.3 Å². The second-order valence-electron chi connectivity index (χ2n) is 5.83. The number of thiophene rings is 1. The van der Waals surface area contributed by atoms with Gasteiger partial charge < -0.3 is 0 Å². The Kier molecular flexibility index (Phi) is 4.74. The first-order chi connectivity index (χ1) is 10.2. The number of aryl methyl sites for hydroxylation is 4. The number of thiazole rings is 1. The van der Waals surface area contributed by atoms with Crippen molar-refractivity contribution in [1.82, 2.24) is 10.4 Å². The Labute approximate surface area is 134 Å². The molecule has 1 aliphatic rings. The van der Waals surface area contributed by atoms with E-state index < -0.39 is 0 Å². The van der Waals surface area contributed by atoms with Crippen LogP contribution in [0.5, 0.6) is 0 Å². The van der Waals surface area contributed by atoms with E-state index in [0.29, 0.717) is 0 Å². The molecular formula is C16H23N3S2. The van der Waals surface area contributed by atoms with E-state index in [9.17, 15) is 0 Å². The van der Waals surface area contributed by atoms with Crippen molar-refractivity contribution < 1.29 is 0 Å². The molecule has 2 aromatic heterocycles. The molecule has 3 N–H and O–H groups in total. The Morgan fingerprint density at radius 3 is 2.76 bits per heavy atom. The van der Waals surface area contributed by atoms with E-state index in [1.54, 1.807) is 21.8 Å². The van der Waals surface area contributed by atoms with Crippen LogP contribution in [0.2, 0.25) is 0 Å². The molecule has 0 aliphatic heterocycles. The molecule has 0 fully saturated rings. The molecule has 3 nitrogen and oxygen atoms in total. The maximum absolute atomic E-state index is 5.82. The second-order valence-corrected chi connectivity index (χ2v) is 8.29. The summed E-state index contributed by atoms with van der Waals surface area (Å²) >= 11 is 3.73. The van der Waals surface area contributed by atoms with E-state index in [1.165, 1.54) is 46.9 Å². The molecule has 3 rings (SSSR count). The summed E-state index contributed by atoms with van der Waals surface area (Å²) in [5.74, 6) is 5.82. The van der Waals surface area contributed by atoms with Crippen molar-refractivity contribution in [2.24, 2.45) is 5.84 Å². The predicted molar refractivity (Wildman–Crippen MR) is 90.9 cm³/mol. The van der Waals surface area contributed by atoms with Crippen molar-refractivity contribution in [2.75, 3.05) is 0 Å². The zero-order valence-electron chi connectivity index (χ0n) is 12.7. The van der Waals surface area contributed by atoms with Crippen molar-refractivity contribution in [2.45, 2.75) is 58.4 Å². The maximum atomic E-state index is 5.82. The van der Waals surface area contributed by atoms with Gasteiger partial charge in [0.2, 0.25) is 0 Å². The number of hydrogen-bond donors (Lipinski definition) is 2. The van der Waals surface area contributed by atoms with Crippen LogP contribution in [-0.2, 0) is 19.3 Å². The highest BCUT2D eigenvalue weighted by molar-refractivity contribution is 7.12. The van der Waals surface area contributed by atoms with Crippen LogP contribution in [0.3, 0.4) is 0 Å². The summed E-state index contributed by atoms with van der Waals surface area (Å²) in [6.07, 6.45) is 7.39. The van der Waals surface area contributed by atoms with Crippen LogP contribution in [0.4, 0.5) is 0 Å². The molecule has 2 heterocycles. The summed E-state index contributed by atoms with van der Waals surface area (Å²) in [5, 5.41) is 1.18. The first-order valence-electron chi connectivity index (χ1n) is 7.68. The van der Waals surface area contributed by atoms with Gasteiger partial charge in [0.05, 0.1) is 16.7 Å². The molecule has 0 bridgehead atoms. The highest BCUT2D eigenvalue weighted by Gasteiger charge is 2.19. The van der Waals surface area contributed by atoms with Gasteiger partial charge in [0, 0.05) is 21.1 Å². The number of nitrogens with two attached hydrogens (primary N) is 1. The minimum Gasteiger partial charge on any atom is -0.271 e. The fourth-order valence-corrected chi connectivity index (χ4v) is 5.20. The molecule has 5 heteroatoms. The minimum absolute atomic E-state index is 0.187. The maximum Gasteiger partial charge on any atom is 0.0950 e. The van der Waals surface area contributed by atoms with Gasteiger partial charge in [-0.3, -0.25) is 11.3 Å². The Bertz CT molecular complexity index is 572. The van der Waals surface area contributed by atoms with Crippen LogP contribution in [0.1, 0.15) is 56.2 Å². The fraction of sp³-hybridized carbons (Fsp3) is 0.562. The summed E-state index contributed by atoms with van der Waals surface area (Å²) in [5.41, 5.74) is 5.70. The highest BCUT2D eigenvalue weighted by atomic mass is 32.1. The molecule has 0 spiro atoms. The summed E-state index contributed by atoms with van der Waals surface area (Å²) in [6.45, 7) is 4.21. The van der Waals surface area contributed by atoms with Gasteiger partial charge in [-0.2, -0.15) is 0 Å². The molecular weight excluding hydrogens is 298 g/mol. The number of nitrogens with zero attached hydrogens (tertiary/aromatic N) is 1. The lowest BCUT2D eigenvalue weighted by Gasteiger charge is -2.12. The van der Waals surface area contributed by atoms with Gasteiger partial charge in [0.15, 0.2) is 0 Å². The normalized spacial score (nSPS) is 16.5. The van der Waals surface area contributed by atoms with Crippen LogP contribution in [0, 0.1) is 13.8 Å². The topological polar surface area (TPSA) is 50.9 Å². The van der Waals surface area contributed by atoms with E-state index >= 15 is 0 Å². The van der Waals surface area contributed by atoms with Crippen molar-refractivity contribution >= 4 is 22.7 Å². The van der Waals surface area contributed by atoms with Crippen molar-refractivity contribution in [3.63, 3.8) is 0 Å². The zero-order chi connectivity index (χ0) is 14.8. The van der Waals surface area contributed by atoms with Crippen LogP contribution < -0.4 is 11.3 Å². The standard InChI is InChI=1S/C16H23N3S2/c1-10-11(2)20-16(18-10)9-13(19-17)15-8-12-6-4-3-5-7-14(12)21-15/h8,13,19H,3-7,9,17H2,1-2H3. The van der Waals surface area contributed by atoms with Crippen molar-refractivity contribution in [3.05, 3.63) is 37.0 Å². The Balaban J connectivity index is 1.79. The largest absolute Gasteiger partial charge is 0.271 e. The van der Waals surface area contributed by atoms with Crippen molar-refractivity contribution in [1.29, 1.82) is 0 Å². The SMILES string of the molecule is Cc1nc(CC(NN)c2cc3c(s2)CCCCC3)sc1C. The van der Waals surface area contributed by atoms with Gasteiger partial charge >= 0.3 is 0 Å². The molecule has 0 saturated heterocycles. The first kappa shape index (κ1) is 15.2. The zero-order valence-corrected chi connectivity index (χ0v) is 14.4. The van der Waals surface area contributed by atoms with Crippen LogP contribution in [-0.4, -0.2) is 4.98 Å². The number of hydrogen-bond acceptors (Lipinski definition) is 5. The molecule has 114 valence electrons. The number of aromatic nitrogens is 1. The van der Waals surface area contributed by atoms with Gasteiger partial charge in [0.25, 0.3) is 0 Å². The summed E-state index contributed by atoms with van der Waals surface area (Å²) in [7, 11) is 0. The lowest BCUT2D eigenvalue weighted by molar-refractivity contribution is 0.558. The molecule has 1 aliphatic carbocycles. The smallest absolute Gasteiger partial charge is 0.0950 e. The van der Waals surface area contributed by atoms with Crippen LogP contribution in [0.15, 0.2) is 6.07 Å². The minimum atomic E-state index is 0.187. The first-order valence-corrected chi connectivity index (χ1v) is 9.31. The van der Waals surface area contributed by atoms with Crippen LogP contribution in [0.25, 0.3) is 0 Å². The molecule has 21 heavy (non-hydrogen) atoms. The molecule has 1 atom stereocenters. The Morgan fingerprint density at radius 1 is 1.24 bits per heavy atom. The van der Waals surface area contributed by atoms with E-state index in [-0.39, 0.29) is 6.04 Å². The summed E-state index contributed by atoms with van der Waals surface area (Å²) in [6, 6.07) is 2.57. The highest BCUT2D eigenvalue weighted by Crippen LogP contribution is 2.33. The van der Waals surface area contributed by atoms with Gasteiger partial charge in [-0.05, 0) is 51.2 Å². The number of fused-ring (bicyclic) bond motifs is 1. The summed E-state index contributed by atoms with van der Waals surface area (Å²) < 4.78 is 0. The monoisotopic (exact) mass is 321 g/mol. The third-order valence-electron chi connectivity index (χ3n) is 4.26. The van der Waals surface area contributed by atoms with Gasteiger partial charge in [-0.15, -0.1) is 22.7 Å². The molecule has 2 aromatic rings. The number of rotatable bonds is 4. The van der Waals surface area contributed by atoms with Gasteiger partial charge in [-0.25, -0.2) is 4.98 Å². The third kappa shape index (κ3) is 3.37. The summed E-state index contributed by atoms with van der Waals surface area (Å²) in [4.78, 5) is 8.90. The molecule has 0 radical (unpaired) electrons.